The smallest absolute Gasteiger partial charge is 0.325 e. The van der Waals surface area contributed by atoms with E-state index in [1.54, 1.807) is 54.7 Å². The average molecular weight is 650 g/mol. The Morgan fingerprint density at radius 1 is 0.938 bits per heavy atom. The summed E-state index contributed by atoms with van der Waals surface area (Å²) in [5.41, 5.74) is 0.837. The van der Waals surface area contributed by atoms with E-state index in [2.05, 4.69) is 15.6 Å². The summed E-state index contributed by atoms with van der Waals surface area (Å²) >= 11 is 0. The summed E-state index contributed by atoms with van der Waals surface area (Å²) in [6.07, 6.45) is 2.50. The van der Waals surface area contributed by atoms with E-state index in [-0.39, 0.29) is 38.4 Å². The topological polar surface area (TPSA) is 138 Å². The lowest BCUT2D eigenvalue weighted by Gasteiger charge is -2.54. The number of carbonyl (C=O) groups is 5. The molecule has 11 nitrogen and oxygen atoms in total. The molecule has 2 fully saturated rings. The second-order valence-electron chi connectivity index (χ2n) is 12.3. The van der Waals surface area contributed by atoms with Gasteiger partial charge >= 0.3 is 6.03 Å². The molecule has 6 rings (SSSR count). The summed E-state index contributed by atoms with van der Waals surface area (Å²) in [7, 11) is 1.51. The maximum absolute atomic E-state index is 14.9. The van der Waals surface area contributed by atoms with E-state index in [4.69, 9.17) is 4.74 Å². The van der Waals surface area contributed by atoms with Gasteiger partial charge in [-0.2, -0.15) is 0 Å². The standard InChI is InChI=1S/C37H39N5O6/c1-3-27-28-17-18-29-30(34(45)41(32(29)43)26-15-8-5-9-16-26)31(28)37(35(46)39-20-21-48-2,22-24-12-6-4-7-13-24)42(33(27)44)36(47)40-23-25-14-10-11-19-38-25/h4-16,19,29-31H,3,17-18,20-23H2,1-2H3,(H,39,46)(H,40,47)/t29-,30-,31+,37+/m1/s1. The maximum atomic E-state index is 14.9. The van der Waals surface area contributed by atoms with Crippen LogP contribution < -0.4 is 15.5 Å². The molecule has 0 radical (unpaired) electrons. The SMILES string of the molecule is CCC1=C2CC[C@H]3C(=O)N(c4ccccc4)C(=O)[C@H]3[C@H]2[C@@](Cc2ccccc2)(C(=O)NCCOC)N(C(=O)NCc2ccccn2)C1=O. The Kier molecular flexibility index (Phi) is 9.49. The van der Waals surface area contributed by atoms with Crippen LogP contribution in [0.25, 0.3) is 0 Å². The third-order valence-corrected chi connectivity index (χ3v) is 9.72. The summed E-state index contributed by atoms with van der Waals surface area (Å²) in [4.78, 5) is 79.3. The molecule has 48 heavy (non-hydrogen) atoms. The van der Waals surface area contributed by atoms with Crippen LogP contribution in [0.1, 0.15) is 37.4 Å². The minimum absolute atomic E-state index is 0.00408. The van der Waals surface area contributed by atoms with Crippen LogP contribution in [0.2, 0.25) is 0 Å². The van der Waals surface area contributed by atoms with Crippen LogP contribution in [0.3, 0.4) is 0 Å². The number of hydrogen-bond acceptors (Lipinski definition) is 7. The number of fused-ring (bicyclic) bond motifs is 3. The number of nitrogens with zero attached hydrogens (tertiary/aromatic N) is 3. The highest BCUT2D eigenvalue weighted by atomic mass is 16.5. The molecule has 1 saturated carbocycles. The van der Waals surface area contributed by atoms with Crippen molar-refractivity contribution in [2.75, 3.05) is 25.2 Å². The second kappa shape index (κ2) is 13.9. The van der Waals surface area contributed by atoms with Crippen LogP contribution in [-0.4, -0.2) is 65.3 Å². The van der Waals surface area contributed by atoms with E-state index in [0.717, 1.165) is 4.90 Å². The molecule has 3 aromatic rings. The third kappa shape index (κ3) is 5.68. The lowest BCUT2D eigenvalue weighted by atomic mass is 9.57. The molecular weight excluding hydrogens is 610 g/mol. The molecule has 2 N–H and O–H groups in total. The van der Waals surface area contributed by atoms with Crippen LogP contribution in [0.5, 0.6) is 0 Å². The fourth-order valence-corrected chi connectivity index (χ4v) is 7.70. The minimum atomic E-state index is -1.90. The molecule has 3 aliphatic rings. The molecule has 6 amide bonds. The van der Waals surface area contributed by atoms with Gasteiger partial charge in [-0.05, 0) is 49.1 Å². The number of hydrogen-bond donors (Lipinski definition) is 2. The van der Waals surface area contributed by atoms with E-state index < -0.39 is 47.0 Å². The van der Waals surface area contributed by atoms with Gasteiger partial charge in [0.15, 0.2) is 0 Å². The van der Waals surface area contributed by atoms with Crippen molar-refractivity contribution in [2.45, 2.75) is 44.7 Å². The van der Waals surface area contributed by atoms with Gasteiger partial charge in [-0.25, -0.2) is 9.69 Å². The Labute approximate surface area is 279 Å². The number of carbonyl (C=O) groups excluding carboxylic acids is 5. The summed E-state index contributed by atoms with van der Waals surface area (Å²) in [5.74, 6) is -4.66. The van der Waals surface area contributed by atoms with Gasteiger partial charge in [-0.3, -0.25) is 29.1 Å². The number of anilines is 1. The minimum Gasteiger partial charge on any atom is -0.383 e. The number of methoxy groups -OCH3 is 1. The van der Waals surface area contributed by atoms with E-state index in [0.29, 0.717) is 40.9 Å². The molecule has 0 unspecified atom stereocenters. The van der Waals surface area contributed by atoms with E-state index >= 15 is 0 Å². The third-order valence-electron chi connectivity index (χ3n) is 9.72. The van der Waals surface area contributed by atoms with Crippen molar-refractivity contribution in [3.05, 3.63) is 107 Å². The molecule has 1 aliphatic carbocycles. The quantitative estimate of drug-likeness (QED) is 0.252. The first-order valence-electron chi connectivity index (χ1n) is 16.3. The Morgan fingerprint density at radius 2 is 1.65 bits per heavy atom. The second-order valence-corrected chi connectivity index (χ2v) is 12.3. The number of para-hydroxylation sites is 1. The van der Waals surface area contributed by atoms with E-state index in [1.165, 1.54) is 12.0 Å². The van der Waals surface area contributed by atoms with Crippen LogP contribution in [-0.2, 0) is 36.9 Å². The summed E-state index contributed by atoms with van der Waals surface area (Å²) in [5, 5.41) is 5.76. The van der Waals surface area contributed by atoms with Gasteiger partial charge < -0.3 is 15.4 Å². The van der Waals surface area contributed by atoms with Crippen molar-refractivity contribution in [3.63, 3.8) is 0 Å². The summed E-state index contributed by atoms with van der Waals surface area (Å²) in [6.45, 7) is 2.12. The first kappa shape index (κ1) is 32.8. The molecule has 0 spiro atoms. The number of imide groups is 2. The Balaban J connectivity index is 1.56. The number of rotatable bonds is 10. The zero-order valence-corrected chi connectivity index (χ0v) is 27.1. The van der Waals surface area contributed by atoms with Gasteiger partial charge in [0.2, 0.25) is 17.7 Å². The number of ether oxygens (including phenoxy) is 1. The lowest BCUT2D eigenvalue weighted by molar-refractivity contribution is -0.151. The van der Waals surface area contributed by atoms with E-state index in [9.17, 15) is 24.0 Å². The maximum Gasteiger partial charge on any atom is 0.325 e. The number of pyridine rings is 1. The van der Waals surface area contributed by atoms with Gasteiger partial charge in [0.25, 0.3) is 5.91 Å². The first-order valence-corrected chi connectivity index (χ1v) is 16.3. The zero-order chi connectivity index (χ0) is 33.8. The molecule has 3 heterocycles. The fraction of sp³-hybridized carbons (Fsp3) is 0.351. The van der Waals surface area contributed by atoms with E-state index in [1.807, 2.05) is 37.3 Å². The van der Waals surface area contributed by atoms with Crippen molar-refractivity contribution in [1.82, 2.24) is 20.5 Å². The highest BCUT2D eigenvalue weighted by molar-refractivity contribution is 6.23. The van der Waals surface area contributed by atoms with Crippen LogP contribution >= 0.6 is 0 Å². The molecule has 0 bridgehead atoms. The summed E-state index contributed by atoms with van der Waals surface area (Å²) in [6, 6.07) is 22.4. The monoisotopic (exact) mass is 649 g/mol. The molecule has 4 atom stereocenters. The number of urea groups is 1. The summed E-state index contributed by atoms with van der Waals surface area (Å²) < 4.78 is 5.22. The Bertz CT molecular complexity index is 1730. The highest BCUT2D eigenvalue weighted by Gasteiger charge is 2.67. The number of benzene rings is 2. The van der Waals surface area contributed by atoms with Crippen molar-refractivity contribution in [2.24, 2.45) is 17.8 Å². The molecule has 248 valence electrons. The molecule has 1 aromatic heterocycles. The van der Waals surface area contributed by atoms with Gasteiger partial charge in [0.1, 0.15) is 5.54 Å². The van der Waals surface area contributed by atoms with Crippen LogP contribution in [0.4, 0.5) is 10.5 Å². The Morgan fingerprint density at radius 3 is 2.31 bits per heavy atom. The number of amides is 6. The van der Waals surface area contributed by atoms with Crippen molar-refractivity contribution < 1.29 is 28.7 Å². The predicted octanol–water partition coefficient (Wildman–Crippen LogP) is 3.80. The van der Waals surface area contributed by atoms with Crippen molar-refractivity contribution in [1.29, 1.82) is 0 Å². The van der Waals surface area contributed by atoms with Gasteiger partial charge in [-0.1, -0.05) is 67.1 Å². The lowest BCUT2D eigenvalue weighted by Crippen LogP contribution is -2.73. The fourth-order valence-electron chi connectivity index (χ4n) is 7.70. The normalized spacial score (nSPS) is 23.5. The van der Waals surface area contributed by atoms with Crippen LogP contribution in [0, 0.1) is 17.8 Å². The number of nitrogens with one attached hydrogen (secondary N) is 2. The molecule has 2 aromatic carbocycles. The Hall–Kier alpha value is -5.16. The van der Waals surface area contributed by atoms with Gasteiger partial charge in [0, 0.05) is 37.8 Å². The van der Waals surface area contributed by atoms with Crippen molar-refractivity contribution in [3.8, 4) is 0 Å². The number of aromatic nitrogens is 1. The van der Waals surface area contributed by atoms with Crippen LogP contribution in [0.15, 0.2) is 96.2 Å². The van der Waals surface area contributed by atoms with Gasteiger partial charge in [0.05, 0.1) is 36.4 Å². The average Bonchev–Trinajstić information content (AvgIpc) is 3.37. The first-order chi connectivity index (χ1) is 23.3. The largest absolute Gasteiger partial charge is 0.383 e. The zero-order valence-electron chi connectivity index (χ0n) is 27.1. The molecular formula is C37H39N5O6. The van der Waals surface area contributed by atoms with Gasteiger partial charge in [-0.15, -0.1) is 0 Å². The molecule has 1 saturated heterocycles. The highest BCUT2D eigenvalue weighted by Crippen LogP contribution is 2.55. The molecule has 2 aliphatic heterocycles. The predicted molar refractivity (Wildman–Crippen MR) is 177 cm³/mol. The molecule has 11 heteroatoms. The van der Waals surface area contributed by atoms with Crippen molar-refractivity contribution >= 4 is 35.3 Å².